The average molecular weight is 457 g/mol. The van der Waals surface area contributed by atoms with Gasteiger partial charge in [0.1, 0.15) is 5.82 Å². The molecular weight excluding hydrogens is 431 g/mol. The van der Waals surface area contributed by atoms with Crippen molar-refractivity contribution < 1.29 is 4.39 Å². The van der Waals surface area contributed by atoms with Crippen LogP contribution in [0.5, 0.6) is 0 Å². The molecule has 1 saturated heterocycles. The number of fused-ring (bicyclic) bond motifs is 1. The van der Waals surface area contributed by atoms with Crippen LogP contribution >= 0.6 is 23.3 Å². The molecule has 162 valence electrons. The number of thiazole rings is 1. The smallest absolute Gasteiger partial charge is 0.165 e. The summed E-state index contributed by atoms with van der Waals surface area (Å²) in [5.41, 5.74) is 4.55. The summed E-state index contributed by atoms with van der Waals surface area (Å²) < 4.78 is 17.5. The molecule has 2 aliphatic heterocycles. The van der Waals surface area contributed by atoms with E-state index in [2.05, 4.69) is 32.0 Å². The lowest BCUT2D eigenvalue weighted by atomic mass is 10.1. The maximum Gasteiger partial charge on any atom is 0.165 e. The summed E-state index contributed by atoms with van der Waals surface area (Å²) in [5.74, 6) is 0.838. The van der Waals surface area contributed by atoms with Crippen molar-refractivity contribution in [1.82, 2.24) is 24.4 Å². The Balaban J connectivity index is 0.000000245. The Labute approximate surface area is 190 Å². The molecule has 6 nitrogen and oxygen atoms in total. The number of aromatic nitrogens is 3. The molecule has 0 aliphatic carbocycles. The van der Waals surface area contributed by atoms with Crippen LogP contribution in [-0.2, 0) is 7.05 Å². The Morgan fingerprint density at radius 1 is 1.29 bits per heavy atom. The lowest BCUT2D eigenvalue weighted by Gasteiger charge is -2.27. The lowest BCUT2D eigenvalue weighted by Crippen LogP contribution is -2.34. The summed E-state index contributed by atoms with van der Waals surface area (Å²) in [4.78, 5) is 11.6. The lowest BCUT2D eigenvalue weighted by molar-refractivity contribution is 0.545. The van der Waals surface area contributed by atoms with Gasteiger partial charge in [-0.05, 0) is 36.9 Å². The van der Waals surface area contributed by atoms with Gasteiger partial charge >= 0.3 is 0 Å². The Hall–Kier alpha value is -2.49. The summed E-state index contributed by atoms with van der Waals surface area (Å²) in [6, 6.07) is 8.99. The van der Waals surface area contributed by atoms with Crippen LogP contribution in [0.1, 0.15) is 22.7 Å². The van der Waals surface area contributed by atoms with Gasteiger partial charge in [-0.15, -0.1) is 11.3 Å². The number of amidine groups is 1. The quantitative estimate of drug-likeness (QED) is 0.599. The standard InChI is InChI=1S/C15H18N6S2.C7H7F/c1-20-5-3-12(18-20)11-8-17-14(15-16-4-6-23-15)21-9-10(19-22-2)7-13(11)21;1-6-3-2-4-7(8)5-6/h3-6,10,19H,7-9H2,1-2H3;2-5H,1H3. The molecule has 1 atom stereocenters. The Bertz CT molecular complexity index is 1070. The highest BCUT2D eigenvalue weighted by Crippen LogP contribution is 2.35. The second-order valence-electron chi connectivity index (χ2n) is 7.41. The van der Waals surface area contributed by atoms with E-state index in [0.717, 1.165) is 35.1 Å². The maximum absolute atomic E-state index is 12.2. The third kappa shape index (κ3) is 5.06. The molecule has 1 N–H and O–H groups in total. The van der Waals surface area contributed by atoms with Crippen LogP contribution in [0.3, 0.4) is 0 Å². The van der Waals surface area contributed by atoms with E-state index in [1.165, 1.54) is 23.4 Å². The number of rotatable bonds is 4. The Morgan fingerprint density at radius 3 is 2.77 bits per heavy atom. The van der Waals surface area contributed by atoms with Crippen LogP contribution in [0.4, 0.5) is 4.39 Å². The van der Waals surface area contributed by atoms with Crippen LogP contribution in [0.15, 0.2) is 58.8 Å². The molecule has 2 aliphatic rings. The van der Waals surface area contributed by atoms with Crippen LogP contribution in [-0.4, -0.2) is 50.9 Å². The van der Waals surface area contributed by atoms with E-state index in [0.29, 0.717) is 12.6 Å². The van der Waals surface area contributed by atoms with Crippen molar-refractivity contribution in [1.29, 1.82) is 0 Å². The van der Waals surface area contributed by atoms with E-state index in [9.17, 15) is 4.39 Å². The van der Waals surface area contributed by atoms with Crippen LogP contribution in [0.2, 0.25) is 0 Å². The van der Waals surface area contributed by atoms with Gasteiger partial charge < -0.3 is 4.90 Å². The third-order valence-corrected chi connectivity index (χ3v) is 6.41. The van der Waals surface area contributed by atoms with Crippen molar-refractivity contribution in [2.75, 3.05) is 19.3 Å². The van der Waals surface area contributed by atoms with Gasteiger partial charge in [0.25, 0.3) is 0 Å². The van der Waals surface area contributed by atoms with Gasteiger partial charge in [-0.3, -0.25) is 14.4 Å². The molecule has 31 heavy (non-hydrogen) atoms. The number of benzene rings is 1. The molecule has 2 aromatic heterocycles. The minimum Gasteiger partial charge on any atom is -0.326 e. The van der Waals surface area contributed by atoms with Gasteiger partial charge in [0, 0.05) is 55.1 Å². The minimum atomic E-state index is -0.162. The molecule has 5 rings (SSSR count). The first kappa shape index (κ1) is 21.7. The Morgan fingerprint density at radius 2 is 2.16 bits per heavy atom. The number of halogens is 1. The fraction of sp³-hybridized carbons (Fsp3) is 0.318. The van der Waals surface area contributed by atoms with E-state index in [4.69, 9.17) is 4.99 Å². The van der Waals surface area contributed by atoms with E-state index < -0.39 is 0 Å². The average Bonchev–Trinajstić information content (AvgIpc) is 3.48. The number of hydrogen-bond acceptors (Lipinski definition) is 7. The summed E-state index contributed by atoms with van der Waals surface area (Å²) in [5, 5.41) is 7.57. The highest BCUT2D eigenvalue weighted by molar-refractivity contribution is 7.96. The molecule has 1 fully saturated rings. The van der Waals surface area contributed by atoms with Crippen LogP contribution < -0.4 is 4.72 Å². The monoisotopic (exact) mass is 456 g/mol. The number of nitrogens with zero attached hydrogens (tertiary/aromatic N) is 5. The highest BCUT2D eigenvalue weighted by Gasteiger charge is 2.36. The highest BCUT2D eigenvalue weighted by atomic mass is 32.2. The molecule has 0 spiro atoms. The Kier molecular flexibility index (Phi) is 6.84. The minimum absolute atomic E-state index is 0.162. The summed E-state index contributed by atoms with van der Waals surface area (Å²) >= 11 is 3.31. The van der Waals surface area contributed by atoms with Crippen LogP contribution in [0.25, 0.3) is 5.57 Å². The zero-order chi connectivity index (χ0) is 21.8. The van der Waals surface area contributed by atoms with E-state index in [-0.39, 0.29) is 5.82 Å². The molecule has 0 bridgehead atoms. The SMILES string of the molecule is CSNC1CC2=C(c3ccn(C)n3)CN=C(c3nccs3)N2C1.Cc1cccc(F)c1. The first-order valence-corrected chi connectivity index (χ1v) is 12.1. The zero-order valence-corrected chi connectivity index (χ0v) is 19.4. The molecule has 0 radical (unpaired) electrons. The fourth-order valence-electron chi connectivity index (χ4n) is 3.74. The predicted octanol–water partition coefficient (Wildman–Crippen LogP) is 4.12. The maximum atomic E-state index is 12.2. The number of aliphatic imine (C=N–C) groups is 1. The van der Waals surface area contributed by atoms with Gasteiger partial charge in [0.15, 0.2) is 10.8 Å². The first-order valence-electron chi connectivity index (χ1n) is 9.99. The molecule has 0 amide bonds. The van der Waals surface area contributed by atoms with Crippen molar-refractivity contribution in [2.24, 2.45) is 12.0 Å². The van der Waals surface area contributed by atoms with Gasteiger partial charge in [-0.1, -0.05) is 24.1 Å². The molecule has 1 unspecified atom stereocenters. The number of hydrogen-bond donors (Lipinski definition) is 1. The second kappa shape index (κ2) is 9.76. The number of aryl methyl sites for hydroxylation is 2. The van der Waals surface area contributed by atoms with Gasteiger partial charge in [-0.2, -0.15) is 5.10 Å². The van der Waals surface area contributed by atoms with E-state index in [1.54, 1.807) is 29.4 Å². The second-order valence-corrected chi connectivity index (χ2v) is 8.95. The van der Waals surface area contributed by atoms with Crippen molar-refractivity contribution in [2.45, 2.75) is 19.4 Å². The first-order chi connectivity index (χ1) is 15.0. The normalized spacial score (nSPS) is 17.9. The van der Waals surface area contributed by atoms with Crippen molar-refractivity contribution in [3.63, 3.8) is 0 Å². The topological polar surface area (TPSA) is 58.3 Å². The largest absolute Gasteiger partial charge is 0.326 e. The predicted molar refractivity (Wildman–Crippen MR) is 127 cm³/mol. The molecular formula is C22H25FN6S2. The number of nitrogens with one attached hydrogen (secondary N) is 1. The van der Waals surface area contributed by atoms with Crippen molar-refractivity contribution in [3.8, 4) is 0 Å². The van der Waals surface area contributed by atoms with E-state index in [1.807, 2.05) is 42.5 Å². The van der Waals surface area contributed by atoms with Crippen molar-refractivity contribution >= 4 is 34.7 Å². The van der Waals surface area contributed by atoms with E-state index >= 15 is 0 Å². The molecule has 1 aromatic carbocycles. The third-order valence-electron chi connectivity index (χ3n) is 5.07. The summed E-state index contributed by atoms with van der Waals surface area (Å²) in [6.45, 7) is 3.46. The molecule has 4 heterocycles. The fourth-order valence-corrected chi connectivity index (χ4v) is 4.89. The van der Waals surface area contributed by atoms with Gasteiger partial charge in [-0.25, -0.2) is 9.37 Å². The summed E-state index contributed by atoms with van der Waals surface area (Å²) in [6.07, 6.45) is 6.89. The zero-order valence-electron chi connectivity index (χ0n) is 17.7. The molecule has 3 aromatic rings. The molecule has 9 heteroatoms. The van der Waals surface area contributed by atoms with Crippen LogP contribution in [0, 0.1) is 12.7 Å². The molecule has 0 saturated carbocycles. The summed E-state index contributed by atoms with van der Waals surface area (Å²) in [7, 11) is 1.95. The van der Waals surface area contributed by atoms with Gasteiger partial charge in [0.05, 0.1) is 12.2 Å². The van der Waals surface area contributed by atoms with Gasteiger partial charge in [0.2, 0.25) is 0 Å². The van der Waals surface area contributed by atoms with Crippen molar-refractivity contribution in [3.05, 3.63) is 75.9 Å².